The molecule has 2 aliphatic rings. The molecule has 2 unspecified atom stereocenters. The molecule has 0 aliphatic heterocycles. The molecule has 2 bridgehead atoms. The molecule has 0 heterocycles. The predicted octanol–water partition coefficient (Wildman–Crippen LogP) is 5.13. The van der Waals surface area contributed by atoms with E-state index < -0.39 is 50.2 Å². The summed E-state index contributed by atoms with van der Waals surface area (Å²) in [7, 11) is -4.00. The fraction of sp³-hybridized carbons (Fsp3) is 0.480. The third-order valence-corrected chi connectivity index (χ3v) is 10.2. The van der Waals surface area contributed by atoms with Crippen LogP contribution in [0.3, 0.4) is 0 Å². The van der Waals surface area contributed by atoms with Crippen LogP contribution in [0.15, 0.2) is 35.2 Å². The van der Waals surface area contributed by atoms with E-state index in [1.165, 1.54) is 12.1 Å². The Kier molecular flexibility index (Phi) is 7.45. The summed E-state index contributed by atoms with van der Waals surface area (Å²) in [5.74, 6) is -6.08. The zero-order chi connectivity index (χ0) is 26.4. The summed E-state index contributed by atoms with van der Waals surface area (Å²) in [6, 6.07) is 4.92. The van der Waals surface area contributed by atoms with E-state index in [1.54, 1.807) is 6.92 Å². The highest BCUT2D eigenvalue weighted by atomic mass is 35.5. The van der Waals surface area contributed by atoms with E-state index in [-0.39, 0.29) is 45.8 Å². The Morgan fingerprint density at radius 3 is 2.31 bits per heavy atom. The largest absolute Gasteiger partial charge is 0.387 e. The van der Waals surface area contributed by atoms with E-state index in [0.717, 1.165) is 6.07 Å². The summed E-state index contributed by atoms with van der Waals surface area (Å²) in [6.45, 7) is 4.05. The number of nitrogens with one attached hydrogen (secondary N) is 1. The number of ether oxygens (including phenoxy) is 1. The number of halogens is 4. The lowest BCUT2D eigenvalue weighted by molar-refractivity contribution is -0.127. The lowest BCUT2D eigenvalue weighted by atomic mass is 9.74. The molecule has 5 atom stereocenters. The number of anilines is 1. The van der Waals surface area contributed by atoms with Crippen LogP contribution in [-0.4, -0.2) is 43.0 Å². The van der Waals surface area contributed by atoms with Gasteiger partial charge in [0, 0.05) is 30.0 Å². The third-order valence-electron chi connectivity index (χ3n) is 7.34. The molecule has 6 nitrogen and oxygen atoms in total. The van der Waals surface area contributed by atoms with Gasteiger partial charge in [-0.3, -0.25) is 4.79 Å². The molecule has 0 radical (unpaired) electrons. The van der Waals surface area contributed by atoms with Gasteiger partial charge in [-0.1, -0.05) is 11.6 Å². The molecular weight excluding hydrogens is 519 g/mol. The zero-order valence-electron chi connectivity index (χ0n) is 19.7. The summed E-state index contributed by atoms with van der Waals surface area (Å²) >= 11 is 6.27. The predicted molar refractivity (Wildman–Crippen MR) is 128 cm³/mol. The minimum absolute atomic E-state index is 0.0617. The zero-order valence-corrected chi connectivity index (χ0v) is 21.3. The van der Waals surface area contributed by atoms with Gasteiger partial charge < -0.3 is 15.2 Å². The Morgan fingerprint density at radius 1 is 1.17 bits per heavy atom. The molecule has 2 N–H and O–H groups in total. The van der Waals surface area contributed by atoms with Gasteiger partial charge >= 0.3 is 0 Å². The molecule has 2 aliphatic carbocycles. The van der Waals surface area contributed by atoms with Gasteiger partial charge in [0.15, 0.2) is 27.3 Å². The standard InChI is InChI=1S/C25H27ClF3NO5S/c1-3-35-13(2)25(32)11-15-4-5-16(12-25)23(15)36(33,34)21-8-14(6-7-18(21)26)24(31)30-17-9-19(27)22(29)20(28)10-17/h6-10,13,15-16,23,32H,3-5,11-12H2,1-2H3,(H,30,31)/t13?,15-,16?,23+,25+/m0/s1. The average molecular weight is 546 g/mol. The number of aliphatic hydroxyl groups is 1. The number of fused-ring (bicyclic) bond motifs is 2. The Labute approximate surface area is 212 Å². The number of sulfone groups is 1. The molecule has 2 aromatic rings. The fourth-order valence-corrected chi connectivity index (χ4v) is 8.50. The van der Waals surface area contributed by atoms with Crippen LogP contribution in [0.1, 0.15) is 49.9 Å². The van der Waals surface area contributed by atoms with E-state index in [1.807, 2.05) is 6.92 Å². The molecule has 2 aromatic carbocycles. The topological polar surface area (TPSA) is 92.7 Å². The van der Waals surface area contributed by atoms with Gasteiger partial charge in [-0.15, -0.1) is 0 Å². The number of amides is 1. The van der Waals surface area contributed by atoms with Crippen molar-refractivity contribution in [3.63, 3.8) is 0 Å². The third kappa shape index (κ3) is 4.88. The molecule has 0 saturated heterocycles. The van der Waals surface area contributed by atoms with Crippen molar-refractivity contribution in [2.75, 3.05) is 11.9 Å². The van der Waals surface area contributed by atoms with Crippen LogP contribution >= 0.6 is 11.6 Å². The van der Waals surface area contributed by atoms with Crippen LogP contribution < -0.4 is 5.32 Å². The number of carbonyl (C=O) groups is 1. The molecular formula is C25H27ClF3NO5S. The number of benzene rings is 2. The van der Waals surface area contributed by atoms with Crippen LogP contribution in [0.2, 0.25) is 5.02 Å². The number of rotatable bonds is 7. The SMILES string of the molecule is CCOC(C)[C@]1(O)CC2CC[C@@H](C1)[C@H]2S(=O)(=O)c1cc(C(=O)Nc2cc(F)c(F)c(F)c2)ccc1Cl. The van der Waals surface area contributed by atoms with E-state index in [4.69, 9.17) is 16.3 Å². The summed E-state index contributed by atoms with van der Waals surface area (Å²) in [5.41, 5.74) is -1.56. The molecule has 2 saturated carbocycles. The second-order valence-corrected chi connectivity index (χ2v) is 12.1. The van der Waals surface area contributed by atoms with Crippen LogP contribution in [-0.2, 0) is 14.6 Å². The molecule has 36 heavy (non-hydrogen) atoms. The molecule has 0 aromatic heterocycles. The maximum Gasteiger partial charge on any atom is 0.255 e. The Balaban J connectivity index is 1.60. The minimum atomic E-state index is -4.00. The first-order valence-corrected chi connectivity index (χ1v) is 13.6. The first kappa shape index (κ1) is 26.9. The molecule has 1 amide bonds. The molecule has 11 heteroatoms. The van der Waals surface area contributed by atoms with Gasteiger partial charge in [0.05, 0.1) is 26.9 Å². The molecule has 0 spiro atoms. The lowest BCUT2D eigenvalue weighted by Crippen LogP contribution is -2.52. The van der Waals surface area contributed by atoms with Crippen molar-refractivity contribution in [2.24, 2.45) is 11.8 Å². The van der Waals surface area contributed by atoms with Crippen LogP contribution in [0, 0.1) is 29.3 Å². The summed E-state index contributed by atoms with van der Waals surface area (Å²) in [4.78, 5) is 12.5. The highest BCUT2D eigenvalue weighted by Gasteiger charge is 2.56. The van der Waals surface area contributed by atoms with Crippen LogP contribution in [0.4, 0.5) is 18.9 Å². The maximum atomic E-state index is 13.8. The Morgan fingerprint density at radius 2 is 1.75 bits per heavy atom. The van der Waals surface area contributed by atoms with Gasteiger partial charge in [-0.05, 0) is 69.6 Å². The van der Waals surface area contributed by atoms with Crippen molar-refractivity contribution < 1.29 is 36.2 Å². The smallest absolute Gasteiger partial charge is 0.255 e. The Hall–Kier alpha value is -2.14. The van der Waals surface area contributed by atoms with Crippen molar-refractivity contribution in [2.45, 2.75) is 61.4 Å². The summed E-state index contributed by atoms with van der Waals surface area (Å²) in [6.07, 6.45) is 1.37. The summed E-state index contributed by atoms with van der Waals surface area (Å²) in [5, 5.41) is 12.6. The minimum Gasteiger partial charge on any atom is -0.387 e. The van der Waals surface area contributed by atoms with Gasteiger partial charge in [0.1, 0.15) is 0 Å². The maximum absolute atomic E-state index is 13.8. The van der Waals surface area contributed by atoms with E-state index in [0.29, 0.717) is 31.6 Å². The molecule has 4 rings (SSSR count). The first-order chi connectivity index (χ1) is 16.9. The van der Waals surface area contributed by atoms with Crippen LogP contribution in [0.25, 0.3) is 0 Å². The molecule has 196 valence electrons. The van der Waals surface area contributed by atoms with Gasteiger partial charge in [0.25, 0.3) is 5.91 Å². The van der Waals surface area contributed by atoms with Crippen molar-refractivity contribution >= 4 is 33.0 Å². The monoisotopic (exact) mass is 545 g/mol. The highest BCUT2D eigenvalue weighted by Crippen LogP contribution is 2.52. The Bertz CT molecular complexity index is 1250. The van der Waals surface area contributed by atoms with Gasteiger partial charge in [-0.25, -0.2) is 21.6 Å². The fourth-order valence-electron chi connectivity index (χ4n) is 5.65. The lowest BCUT2D eigenvalue weighted by Gasteiger charge is -2.43. The second kappa shape index (κ2) is 9.96. The second-order valence-electron chi connectivity index (χ2n) is 9.57. The normalized spacial score (nSPS) is 26.6. The molecule has 2 fully saturated rings. The number of hydrogen-bond acceptors (Lipinski definition) is 5. The van der Waals surface area contributed by atoms with Crippen molar-refractivity contribution in [1.82, 2.24) is 0 Å². The highest BCUT2D eigenvalue weighted by molar-refractivity contribution is 7.92. The average Bonchev–Trinajstić information content (AvgIpc) is 3.10. The van der Waals surface area contributed by atoms with Gasteiger partial charge in [0.2, 0.25) is 0 Å². The summed E-state index contributed by atoms with van der Waals surface area (Å²) < 4.78 is 73.4. The van der Waals surface area contributed by atoms with Crippen molar-refractivity contribution in [3.8, 4) is 0 Å². The number of carbonyl (C=O) groups excluding carboxylic acids is 1. The first-order valence-electron chi connectivity index (χ1n) is 11.7. The van der Waals surface area contributed by atoms with Crippen molar-refractivity contribution in [3.05, 3.63) is 58.4 Å². The van der Waals surface area contributed by atoms with E-state index in [9.17, 15) is 31.5 Å². The number of hydrogen-bond donors (Lipinski definition) is 2. The quantitative estimate of drug-likeness (QED) is 0.471. The van der Waals surface area contributed by atoms with Gasteiger partial charge in [-0.2, -0.15) is 0 Å². The van der Waals surface area contributed by atoms with Crippen molar-refractivity contribution in [1.29, 1.82) is 0 Å². The van der Waals surface area contributed by atoms with Crippen LogP contribution in [0.5, 0.6) is 0 Å². The van der Waals surface area contributed by atoms with E-state index >= 15 is 0 Å². The van der Waals surface area contributed by atoms with E-state index in [2.05, 4.69) is 5.32 Å².